The molecule has 0 radical (unpaired) electrons. The van der Waals surface area contributed by atoms with Crippen molar-refractivity contribution in [3.8, 4) is 34.5 Å². The van der Waals surface area contributed by atoms with Crippen molar-refractivity contribution in [3.05, 3.63) is 158 Å². The maximum atomic E-state index is 5.75. The Hall–Kier alpha value is -5.16. The molecule has 49 heavy (non-hydrogen) atoms. The summed E-state index contributed by atoms with van der Waals surface area (Å²) in [6.45, 7) is 27.5. The van der Waals surface area contributed by atoms with Crippen LogP contribution in [0.2, 0.25) is 0 Å². The number of aryl methyl sites for hydroxylation is 2. The topological polar surface area (TPSA) is 46.2 Å². The van der Waals surface area contributed by atoms with Crippen LogP contribution in [0.1, 0.15) is 56.7 Å². The zero-order chi connectivity index (χ0) is 35.9. The Kier molecular flexibility index (Phi) is 19.0. The van der Waals surface area contributed by atoms with Gasteiger partial charge in [-0.3, -0.25) is 0 Å². The van der Waals surface area contributed by atoms with Crippen LogP contribution in [0.25, 0.3) is 0 Å². The molecule has 0 aliphatic heterocycles. The molecule has 4 aromatic carbocycles. The largest absolute Gasteiger partial charge is 0.490 e. The molecule has 0 N–H and O–H groups in total. The van der Waals surface area contributed by atoms with Gasteiger partial charge in [0.25, 0.3) is 0 Å². The first-order chi connectivity index (χ1) is 23.7. The lowest BCUT2D eigenvalue weighted by molar-refractivity contribution is 0.346. The van der Waals surface area contributed by atoms with Gasteiger partial charge in [0.05, 0.1) is 0 Å². The lowest BCUT2D eigenvalue weighted by atomic mass is 9.99. The monoisotopic (exact) mass is 662 g/mol. The third kappa shape index (κ3) is 15.5. The van der Waals surface area contributed by atoms with E-state index in [2.05, 4.69) is 84.3 Å². The molecule has 5 nitrogen and oxygen atoms in total. The Balaban J connectivity index is 0.000000264. The molecule has 1 unspecified atom stereocenters. The first kappa shape index (κ1) is 40.0. The van der Waals surface area contributed by atoms with Gasteiger partial charge in [-0.25, -0.2) is 0 Å². The van der Waals surface area contributed by atoms with E-state index in [9.17, 15) is 0 Å². The van der Waals surface area contributed by atoms with Crippen LogP contribution in [0.3, 0.4) is 0 Å². The van der Waals surface area contributed by atoms with Gasteiger partial charge < -0.3 is 23.7 Å². The summed E-state index contributed by atoms with van der Waals surface area (Å²) in [7, 11) is 0. The van der Waals surface area contributed by atoms with E-state index in [1.165, 1.54) is 23.1 Å². The van der Waals surface area contributed by atoms with E-state index in [1.807, 2.05) is 67.6 Å². The maximum Gasteiger partial charge on any atom is 0.127 e. The van der Waals surface area contributed by atoms with Gasteiger partial charge in [-0.15, -0.1) is 0 Å². The van der Waals surface area contributed by atoms with Crippen molar-refractivity contribution in [2.45, 2.75) is 53.4 Å². The molecule has 0 aliphatic rings. The first-order valence-electron chi connectivity index (χ1n) is 16.8. The Morgan fingerprint density at radius 3 is 1.45 bits per heavy atom. The first-order valence-corrected chi connectivity index (χ1v) is 16.8. The van der Waals surface area contributed by atoms with Gasteiger partial charge in [0, 0.05) is 0 Å². The van der Waals surface area contributed by atoms with Crippen molar-refractivity contribution >= 4 is 0 Å². The molecular weight excluding hydrogens is 608 g/mol. The van der Waals surface area contributed by atoms with Crippen molar-refractivity contribution in [3.63, 3.8) is 0 Å². The van der Waals surface area contributed by atoms with Crippen molar-refractivity contribution in [2.24, 2.45) is 0 Å². The van der Waals surface area contributed by atoms with Crippen LogP contribution in [-0.4, -0.2) is 26.4 Å². The van der Waals surface area contributed by atoms with Crippen LogP contribution >= 0.6 is 0 Å². The summed E-state index contributed by atoms with van der Waals surface area (Å²) in [6.07, 6.45) is 7.35. The molecule has 4 aromatic rings. The lowest BCUT2D eigenvalue weighted by Crippen LogP contribution is -2.01. The standard InChI is InChI=1S/C18H18O3.2C13H18O/c1-3-13-19-15-5-9-17(10-6-15)21-18-11-7-16(8-12-18)20-14-4-2;1-5-12-8-6-7-11(4)13(12)14-9-10(2)3;1-4-10-14-13-8-6-12(7-9-13)11(3)5-2/h3-12H,1-2,13-14H2;6-8H,2,5,9H2,1,3-4H3;4,6-9,11H,1,5,10H2,2-3H3. The van der Waals surface area contributed by atoms with Gasteiger partial charge in [-0.2, -0.15) is 0 Å². The number of hydrogen-bond donors (Lipinski definition) is 0. The fraction of sp³-hybridized carbons (Fsp3) is 0.273. The average Bonchev–Trinajstić information content (AvgIpc) is 3.13. The average molecular weight is 663 g/mol. The van der Waals surface area contributed by atoms with E-state index >= 15 is 0 Å². The minimum Gasteiger partial charge on any atom is -0.490 e. The molecule has 0 fully saturated rings. The normalized spacial score (nSPS) is 10.5. The van der Waals surface area contributed by atoms with Crippen molar-refractivity contribution in [2.75, 3.05) is 26.4 Å². The predicted molar refractivity (Wildman–Crippen MR) is 206 cm³/mol. The van der Waals surface area contributed by atoms with Gasteiger partial charge in [0.15, 0.2) is 0 Å². The molecule has 0 saturated carbocycles. The van der Waals surface area contributed by atoms with Crippen LogP contribution in [0.5, 0.6) is 34.5 Å². The molecule has 0 aliphatic carbocycles. The fourth-order valence-electron chi connectivity index (χ4n) is 4.33. The van der Waals surface area contributed by atoms with E-state index in [-0.39, 0.29) is 0 Å². The van der Waals surface area contributed by atoms with E-state index < -0.39 is 0 Å². The SMILES string of the molecule is C=C(C)COc1c(C)cccc1CC.C=CCOc1ccc(C(C)CC)cc1.C=CCOc1ccc(Oc2ccc(OCC=C)cc2)cc1. The maximum absolute atomic E-state index is 5.75. The summed E-state index contributed by atoms with van der Waals surface area (Å²) in [5, 5.41) is 0. The zero-order valence-electron chi connectivity index (χ0n) is 30.1. The smallest absolute Gasteiger partial charge is 0.127 e. The van der Waals surface area contributed by atoms with Crippen LogP contribution < -0.4 is 23.7 Å². The van der Waals surface area contributed by atoms with Gasteiger partial charge in [0.2, 0.25) is 0 Å². The Morgan fingerprint density at radius 2 is 1.06 bits per heavy atom. The van der Waals surface area contributed by atoms with Gasteiger partial charge in [-0.1, -0.05) is 95.6 Å². The number of hydrogen-bond acceptors (Lipinski definition) is 5. The second kappa shape index (κ2) is 23.2. The Morgan fingerprint density at radius 1 is 0.633 bits per heavy atom. The number of benzene rings is 4. The van der Waals surface area contributed by atoms with Gasteiger partial charge >= 0.3 is 0 Å². The quantitative estimate of drug-likeness (QED) is 0.105. The van der Waals surface area contributed by atoms with E-state index in [1.54, 1.807) is 18.2 Å². The summed E-state index contributed by atoms with van der Waals surface area (Å²) in [5.74, 6) is 5.64. The van der Waals surface area contributed by atoms with Crippen LogP contribution in [0, 0.1) is 6.92 Å². The highest BCUT2D eigenvalue weighted by atomic mass is 16.5. The highest BCUT2D eigenvalue weighted by molar-refractivity contribution is 5.41. The second-order valence-electron chi connectivity index (χ2n) is 11.4. The van der Waals surface area contributed by atoms with E-state index in [0.29, 0.717) is 32.3 Å². The minimum atomic E-state index is 0.492. The summed E-state index contributed by atoms with van der Waals surface area (Å²) >= 11 is 0. The second-order valence-corrected chi connectivity index (χ2v) is 11.4. The van der Waals surface area contributed by atoms with Crippen molar-refractivity contribution in [1.82, 2.24) is 0 Å². The number of rotatable bonds is 17. The third-order valence-corrected chi connectivity index (χ3v) is 7.19. The molecule has 0 bridgehead atoms. The number of ether oxygens (including phenoxy) is 5. The van der Waals surface area contributed by atoms with Crippen molar-refractivity contribution < 1.29 is 23.7 Å². The number of para-hydroxylation sites is 1. The molecule has 0 aromatic heterocycles. The molecule has 0 saturated heterocycles. The van der Waals surface area contributed by atoms with Gasteiger partial charge in [-0.05, 0) is 116 Å². The van der Waals surface area contributed by atoms with E-state index in [0.717, 1.165) is 46.5 Å². The predicted octanol–water partition coefficient (Wildman–Crippen LogP) is 11.9. The molecule has 5 heteroatoms. The lowest BCUT2D eigenvalue weighted by Gasteiger charge is -2.12. The summed E-state index contributed by atoms with van der Waals surface area (Å²) < 4.78 is 27.7. The Labute approximate surface area is 295 Å². The fourth-order valence-corrected chi connectivity index (χ4v) is 4.33. The van der Waals surface area contributed by atoms with Crippen molar-refractivity contribution in [1.29, 1.82) is 0 Å². The third-order valence-electron chi connectivity index (χ3n) is 7.19. The highest BCUT2D eigenvalue weighted by Gasteiger charge is 2.05. The van der Waals surface area contributed by atoms with Crippen LogP contribution in [-0.2, 0) is 6.42 Å². The summed E-state index contributed by atoms with van der Waals surface area (Å²) in [5.41, 5.74) is 4.89. The van der Waals surface area contributed by atoms with Crippen LogP contribution in [0.4, 0.5) is 0 Å². The minimum absolute atomic E-state index is 0.492. The Bertz CT molecular complexity index is 1480. The zero-order valence-corrected chi connectivity index (χ0v) is 30.1. The molecule has 1 atom stereocenters. The summed E-state index contributed by atoms with van der Waals surface area (Å²) in [6, 6.07) is 29.5. The summed E-state index contributed by atoms with van der Waals surface area (Å²) in [4.78, 5) is 0. The van der Waals surface area contributed by atoms with Gasteiger partial charge in [0.1, 0.15) is 60.9 Å². The highest BCUT2D eigenvalue weighted by Crippen LogP contribution is 2.26. The molecule has 260 valence electrons. The molecule has 4 rings (SSSR count). The molecular formula is C44H54O5. The van der Waals surface area contributed by atoms with E-state index in [4.69, 9.17) is 23.7 Å². The molecule has 0 heterocycles. The van der Waals surface area contributed by atoms with Crippen LogP contribution in [0.15, 0.2) is 141 Å². The molecule has 0 amide bonds. The molecule has 0 spiro atoms.